The van der Waals surface area contributed by atoms with E-state index in [0.717, 1.165) is 4.57 Å². The summed E-state index contributed by atoms with van der Waals surface area (Å²) in [5.41, 5.74) is 0.884. The van der Waals surface area contributed by atoms with Crippen LogP contribution in [0.25, 0.3) is 5.65 Å². The van der Waals surface area contributed by atoms with Gasteiger partial charge in [-0.25, -0.2) is 9.78 Å². The summed E-state index contributed by atoms with van der Waals surface area (Å²) in [4.78, 5) is 41.3. The second kappa shape index (κ2) is 9.39. The maximum Gasteiger partial charge on any atom is 0.338 e. The highest BCUT2D eigenvalue weighted by Gasteiger charge is 2.16. The molecule has 0 fully saturated rings. The van der Waals surface area contributed by atoms with Crippen molar-refractivity contribution in [2.75, 3.05) is 5.32 Å². The molecule has 0 saturated heterocycles. The topological polar surface area (TPSA) is 112 Å². The molecule has 1 atom stereocenters. The van der Waals surface area contributed by atoms with E-state index in [9.17, 15) is 14.4 Å². The molecule has 0 spiro atoms. The number of esters is 1. The molecule has 0 aliphatic heterocycles. The number of ether oxygens (including phenoxy) is 2. The maximum absolute atomic E-state index is 12.5. The highest BCUT2D eigenvalue weighted by molar-refractivity contribution is 5.96. The van der Waals surface area contributed by atoms with Crippen LogP contribution in [0.4, 0.5) is 5.69 Å². The van der Waals surface area contributed by atoms with Gasteiger partial charge in [0, 0.05) is 17.8 Å². The lowest BCUT2D eigenvalue weighted by Crippen LogP contribution is -2.30. The number of aryl methyl sites for hydroxylation is 1. The van der Waals surface area contributed by atoms with Gasteiger partial charge in [0.2, 0.25) is 0 Å². The van der Waals surface area contributed by atoms with Crippen LogP contribution in [0.15, 0.2) is 76.0 Å². The van der Waals surface area contributed by atoms with E-state index in [4.69, 9.17) is 14.0 Å². The van der Waals surface area contributed by atoms with E-state index in [0.29, 0.717) is 28.5 Å². The number of benzene rings is 2. The Balaban J connectivity index is 1.38. The van der Waals surface area contributed by atoms with Crippen LogP contribution in [-0.4, -0.2) is 27.5 Å². The molecule has 0 aliphatic rings. The zero-order valence-electron chi connectivity index (χ0n) is 18.0. The lowest BCUT2D eigenvalue weighted by molar-refractivity contribution is -0.122. The number of nitrogens with zero attached hydrogens (tertiary/aromatic N) is 2. The van der Waals surface area contributed by atoms with Gasteiger partial charge in [-0.2, -0.15) is 0 Å². The summed E-state index contributed by atoms with van der Waals surface area (Å²) in [7, 11) is 0. The fourth-order valence-electron chi connectivity index (χ4n) is 3.09. The van der Waals surface area contributed by atoms with Gasteiger partial charge in [0.25, 0.3) is 11.5 Å². The molecule has 0 bridgehead atoms. The van der Waals surface area contributed by atoms with Gasteiger partial charge in [0.05, 0.1) is 11.3 Å². The summed E-state index contributed by atoms with van der Waals surface area (Å²) in [6.07, 6.45) is -0.741. The van der Waals surface area contributed by atoms with Crippen LogP contribution >= 0.6 is 0 Å². The first-order chi connectivity index (χ1) is 15.9. The Morgan fingerprint density at radius 3 is 2.67 bits per heavy atom. The fraction of sp³-hybridized carbons (Fsp3) is 0.167. The summed E-state index contributed by atoms with van der Waals surface area (Å²) < 4.78 is 17.2. The van der Waals surface area contributed by atoms with Crippen molar-refractivity contribution in [3.8, 4) is 5.75 Å². The molecule has 168 valence electrons. The van der Waals surface area contributed by atoms with E-state index < -0.39 is 17.6 Å². The largest absolute Gasteiger partial charge is 0.481 e. The van der Waals surface area contributed by atoms with E-state index in [2.05, 4.69) is 10.3 Å². The van der Waals surface area contributed by atoms with Gasteiger partial charge in [-0.05, 0) is 44.2 Å². The van der Waals surface area contributed by atoms with Gasteiger partial charge < -0.3 is 19.3 Å². The van der Waals surface area contributed by atoms with Crippen molar-refractivity contribution in [2.45, 2.75) is 26.6 Å². The summed E-state index contributed by atoms with van der Waals surface area (Å²) in [6, 6.07) is 18.2. The molecule has 0 saturated carbocycles. The predicted molar refractivity (Wildman–Crippen MR) is 119 cm³/mol. The third kappa shape index (κ3) is 5.27. The zero-order chi connectivity index (χ0) is 23.4. The Morgan fingerprint density at radius 1 is 1.09 bits per heavy atom. The molecule has 2 aromatic carbocycles. The standard InChI is InChI=1S/C24H21N3O6/c1-15-11-21-25-19(13-22(28)27(21)33-15)14-31-24(30)17-7-6-8-18(12-17)26-23(29)16(2)32-20-9-4-3-5-10-20/h3-13,16H,14H2,1-2H3,(H,26,29). The van der Waals surface area contributed by atoms with Crippen LogP contribution in [-0.2, 0) is 16.1 Å². The summed E-state index contributed by atoms with van der Waals surface area (Å²) in [5.74, 6) is 0.133. The molecule has 9 heteroatoms. The minimum atomic E-state index is -0.741. The number of anilines is 1. The van der Waals surface area contributed by atoms with Crippen molar-refractivity contribution < 1.29 is 23.6 Å². The molecule has 2 heterocycles. The van der Waals surface area contributed by atoms with Crippen molar-refractivity contribution in [1.29, 1.82) is 0 Å². The van der Waals surface area contributed by atoms with E-state index >= 15 is 0 Å². The second-order valence-electron chi connectivity index (χ2n) is 7.30. The molecule has 0 aliphatic carbocycles. The molecular weight excluding hydrogens is 426 g/mol. The van der Waals surface area contributed by atoms with Gasteiger partial charge >= 0.3 is 5.97 Å². The Hall–Kier alpha value is -4.40. The molecule has 4 rings (SSSR count). The van der Waals surface area contributed by atoms with Gasteiger partial charge in [0.15, 0.2) is 11.8 Å². The van der Waals surface area contributed by atoms with E-state index in [1.807, 2.05) is 18.2 Å². The number of carbonyl (C=O) groups is 2. The number of nitrogens with one attached hydrogen (secondary N) is 1. The average Bonchev–Trinajstić information content (AvgIpc) is 3.19. The second-order valence-corrected chi connectivity index (χ2v) is 7.30. The van der Waals surface area contributed by atoms with Gasteiger partial charge in [-0.1, -0.05) is 24.3 Å². The molecule has 2 aromatic heterocycles. The molecule has 1 amide bonds. The lowest BCUT2D eigenvalue weighted by Gasteiger charge is -2.15. The molecule has 1 N–H and O–H groups in total. The maximum atomic E-state index is 12.5. The number of rotatable bonds is 7. The highest BCUT2D eigenvalue weighted by atomic mass is 16.5. The summed E-state index contributed by atoms with van der Waals surface area (Å²) in [6.45, 7) is 3.15. The van der Waals surface area contributed by atoms with Gasteiger partial charge in [0.1, 0.15) is 18.1 Å². The third-order valence-corrected chi connectivity index (χ3v) is 4.67. The number of fused-ring (bicyclic) bond motifs is 1. The predicted octanol–water partition coefficient (Wildman–Crippen LogP) is 3.36. The van der Waals surface area contributed by atoms with Crippen molar-refractivity contribution in [1.82, 2.24) is 9.56 Å². The van der Waals surface area contributed by atoms with Gasteiger partial charge in [-0.3, -0.25) is 9.59 Å². The summed E-state index contributed by atoms with van der Waals surface area (Å²) >= 11 is 0. The first kappa shape index (κ1) is 21.8. The normalized spacial score (nSPS) is 11.7. The first-order valence-electron chi connectivity index (χ1n) is 10.2. The molecule has 33 heavy (non-hydrogen) atoms. The number of hydrogen-bond donors (Lipinski definition) is 1. The Kier molecular flexibility index (Phi) is 6.21. The minimum absolute atomic E-state index is 0.187. The third-order valence-electron chi connectivity index (χ3n) is 4.67. The van der Waals surface area contributed by atoms with E-state index in [1.54, 1.807) is 50.2 Å². The number of aromatic nitrogens is 2. The fourth-order valence-corrected chi connectivity index (χ4v) is 3.09. The number of amides is 1. The average molecular weight is 447 g/mol. The summed E-state index contributed by atoms with van der Waals surface area (Å²) in [5, 5.41) is 2.72. The van der Waals surface area contributed by atoms with Crippen LogP contribution in [0.2, 0.25) is 0 Å². The molecule has 0 radical (unpaired) electrons. The smallest absolute Gasteiger partial charge is 0.338 e. The van der Waals surface area contributed by atoms with Crippen molar-refractivity contribution in [3.05, 3.63) is 94.1 Å². The number of hydrogen-bond acceptors (Lipinski definition) is 7. The first-order valence-corrected chi connectivity index (χ1v) is 10.2. The van der Waals surface area contributed by atoms with Crippen LogP contribution < -0.4 is 15.6 Å². The SMILES string of the molecule is Cc1cc2nc(COC(=O)c3cccc(NC(=O)C(C)Oc4ccccc4)c3)cc(=O)n2o1. The number of para-hydroxylation sites is 1. The monoisotopic (exact) mass is 447 g/mol. The van der Waals surface area contributed by atoms with Crippen molar-refractivity contribution in [2.24, 2.45) is 0 Å². The van der Waals surface area contributed by atoms with Crippen LogP contribution in [0.5, 0.6) is 5.75 Å². The molecule has 1 unspecified atom stereocenters. The van der Waals surface area contributed by atoms with E-state index in [1.165, 1.54) is 12.1 Å². The lowest BCUT2D eigenvalue weighted by atomic mass is 10.2. The molecular formula is C24H21N3O6. The van der Waals surface area contributed by atoms with Crippen LogP contribution in [0, 0.1) is 6.92 Å². The molecule has 9 nitrogen and oxygen atoms in total. The minimum Gasteiger partial charge on any atom is -0.481 e. The number of carbonyl (C=O) groups excluding carboxylic acids is 2. The Bertz CT molecular complexity index is 1360. The zero-order valence-corrected chi connectivity index (χ0v) is 18.0. The quantitative estimate of drug-likeness (QED) is 0.432. The van der Waals surface area contributed by atoms with Crippen molar-refractivity contribution >= 4 is 23.2 Å². The van der Waals surface area contributed by atoms with E-state index in [-0.39, 0.29) is 18.1 Å². The Morgan fingerprint density at radius 2 is 1.88 bits per heavy atom. The molecule has 4 aromatic rings. The Labute approximate surface area is 188 Å². The highest BCUT2D eigenvalue weighted by Crippen LogP contribution is 2.15. The van der Waals surface area contributed by atoms with Crippen LogP contribution in [0.1, 0.15) is 28.7 Å². The van der Waals surface area contributed by atoms with Crippen LogP contribution in [0.3, 0.4) is 0 Å². The van der Waals surface area contributed by atoms with Crippen molar-refractivity contribution in [3.63, 3.8) is 0 Å². The van der Waals surface area contributed by atoms with Gasteiger partial charge in [-0.15, -0.1) is 4.57 Å².